The van der Waals surface area contributed by atoms with Gasteiger partial charge in [-0.1, -0.05) is 19.1 Å². The molecular weight excluding hydrogens is 385 g/mol. The van der Waals surface area contributed by atoms with Crippen LogP contribution in [0.15, 0.2) is 48.7 Å². The van der Waals surface area contributed by atoms with E-state index in [1.807, 2.05) is 6.08 Å². The lowest BCUT2D eigenvalue weighted by atomic mass is 9.99. The average molecular weight is 411 g/mol. The normalized spacial score (nSPS) is 19.0. The Labute approximate surface area is 175 Å². The highest BCUT2D eigenvalue weighted by atomic mass is 19.1. The Hall–Kier alpha value is -3.22. The molecular formula is C23H26FN3O3. The lowest BCUT2D eigenvalue weighted by Gasteiger charge is -2.23. The lowest BCUT2D eigenvalue weighted by Crippen LogP contribution is -2.35. The van der Waals surface area contributed by atoms with Crippen LogP contribution in [0.4, 0.5) is 14.9 Å². The van der Waals surface area contributed by atoms with Crippen LogP contribution in [0.5, 0.6) is 0 Å². The summed E-state index contributed by atoms with van der Waals surface area (Å²) in [5.74, 6) is -1.02. The second-order valence-corrected chi connectivity index (χ2v) is 8.30. The lowest BCUT2D eigenvalue weighted by molar-refractivity contribution is -0.118. The molecule has 2 bridgehead atoms. The maximum absolute atomic E-state index is 14.0. The van der Waals surface area contributed by atoms with Crippen molar-refractivity contribution in [3.8, 4) is 11.1 Å². The maximum atomic E-state index is 14.0. The van der Waals surface area contributed by atoms with E-state index in [9.17, 15) is 14.0 Å². The Morgan fingerprint density at radius 1 is 1.27 bits per heavy atom. The van der Waals surface area contributed by atoms with Crippen molar-refractivity contribution in [1.29, 1.82) is 0 Å². The molecule has 0 radical (unpaired) electrons. The highest BCUT2D eigenvalue weighted by Crippen LogP contribution is 2.31. The van der Waals surface area contributed by atoms with Gasteiger partial charge in [0.05, 0.1) is 17.7 Å². The minimum absolute atomic E-state index is 0.203. The van der Waals surface area contributed by atoms with E-state index < -0.39 is 29.5 Å². The van der Waals surface area contributed by atoms with Crippen LogP contribution < -0.4 is 10.6 Å². The molecule has 2 unspecified atom stereocenters. The van der Waals surface area contributed by atoms with Gasteiger partial charge in [-0.15, -0.1) is 0 Å². The van der Waals surface area contributed by atoms with E-state index in [1.54, 1.807) is 58.2 Å². The first-order valence-electron chi connectivity index (χ1n) is 9.85. The van der Waals surface area contributed by atoms with Crippen LogP contribution in [0.25, 0.3) is 11.1 Å². The highest BCUT2D eigenvalue weighted by Gasteiger charge is 2.22. The SMILES string of the molecule is CC1C=CCC(NC(=O)OC(C)(C)C)c2cc(ccn2)-c2cc(F)ccc2NC1=O. The fourth-order valence-electron chi connectivity index (χ4n) is 3.13. The summed E-state index contributed by atoms with van der Waals surface area (Å²) in [7, 11) is 0. The number of hydrogen-bond donors (Lipinski definition) is 2. The van der Waals surface area contributed by atoms with Crippen LogP contribution in [-0.2, 0) is 9.53 Å². The molecule has 6 nitrogen and oxygen atoms in total. The predicted molar refractivity (Wildman–Crippen MR) is 113 cm³/mol. The smallest absolute Gasteiger partial charge is 0.408 e. The number of aromatic nitrogens is 1. The Morgan fingerprint density at radius 2 is 2.03 bits per heavy atom. The molecule has 1 aromatic carbocycles. The molecule has 2 aromatic rings. The number of nitrogens with one attached hydrogen (secondary N) is 2. The minimum atomic E-state index is -0.635. The van der Waals surface area contributed by atoms with Crippen molar-refractivity contribution in [3.05, 3.63) is 60.2 Å². The zero-order valence-electron chi connectivity index (χ0n) is 17.5. The van der Waals surface area contributed by atoms with Crippen LogP contribution in [0.2, 0.25) is 0 Å². The fraction of sp³-hybridized carbons (Fsp3) is 0.348. The van der Waals surface area contributed by atoms with Gasteiger partial charge in [0.2, 0.25) is 5.91 Å². The van der Waals surface area contributed by atoms with Crippen molar-refractivity contribution in [2.45, 2.75) is 45.8 Å². The van der Waals surface area contributed by atoms with Crippen LogP contribution in [0.3, 0.4) is 0 Å². The van der Waals surface area contributed by atoms with E-state index >= 15 is 0 Å². The number of benzene rings is 1. The van der Waals surface area contributed by atoms with E-state index in [4.69, 9.17) is 4.74 Å². The van der Waals surface area contributed by atoms with Gasteiger partial charge < -0.3 is 15.4 Å². The van der Waals surface area contributed by atoms with Crippen molar-refractivity contribution in [2.24, 2.45) is 5.92 Å². The van der Waals surface area contributed by atoms with Gasteiger partial charge in [-0.3, -0.25) is 9.78 Å². The number of hydrogen-bond acceptors (Lipinski definition) is 4. The second-order valence-electron chi connectivity index (χ2n) is 8.30. The maximum Gasteiger partial charge on any atom is 0.408 e. The second kappa shape index (κ2) is 8.65. The standard InChI is InChI=1S/C23H26FN3O3/c1-14-6-5-7-19(27-22(29)30-23(2,3)4)20-12-15(10-11-25-20)17-13-16(24)8-9-18(17)26-21(14)28/h5-6,8-14,19H,7H2,1-4H3,(H,26,28)(H,27,29). The number of rotatable bonds is 1. The minimum Gasteiger partial charge on any atom is -0.444 e. The van der Waals surface area contributed by atoms with E-state index in [0.717, 1.165) is 0 Å². The van der Waals surface area contributed by atoms with Crippen molar-refractivity contribution < 1.29 is 18.7 Å². The Balaban J connectivity index is 2.04. The molecule has 0 saturated heterocycles. The Bertz CT molecular complexity index is 982. The van der Waals surface area contributed by atoms with Crippen molar-refractivity contribution >= 4 is 17.7 Å². The Kier molecular flexibility index (Phi) is 6.20. The summed E-state index contributed by atoms with van der Waals surface area (Å²) in [6, 6.07) is 7.27. The number of halogens is 1. The zero-order valence-corrected chi connectivity index (χ0v) is 17.5. The molecule has 2 N–H and O–H groups in total. The predicted octanol–water partition coefficient (Wildman–Crippen LogP) is 4.99. The van der Waals surface area contributed by atoms with Crippen LogP contribution in [0, 0.1) is 11.7 Å². The van der Waals surface area contributed by atoms with E-state index in [0.29, 0.717) is 28.9 Å². The molecule has 1 aliphatic rings. The fourth-order valence-corrected chi connectivity index (χ4v) is 3.13. The van der Waals surface area contributed by atoms with Gasteiger partial charge >= 0.3 is 6.09 Å². The van der Waals surface area contributed by atoms with Gasteiger partial charge in [0.15, 0.2) is 0 Å². The van der Waals surface area contributed by atoms with E-state index in [-0.39, 0.29) is 5.91 Å². The largest absolute Gasteiger partial charge is 0.444 e. The van der Waals surface area contributed by atoms with Crippen molar-refractivity contribution in [1.82, 2.24) is 10.3 Å². The summed E-state index contributed by atoms with van der Waals surface area (Å²) in [6.07, 6.45) is 5.07. The molecule has 2 amide bonds. The van der Waals surface area contributed by atoms with Gasteiger partial charge in [-0.25, -0.2) is 9.18 Å². The monoisotopic (exact) mass is 411 g/mol. The third-order valence-corrected chi connectivity index (χ3v) is 4.59. The molecule has 0 fully saturated rings. The first-order chi connectivity index (χ1) is 14.1. The number of carbonyl (C=O) groups excluding carboxylic acids is 2. The third kappa shape index (κ3) is 5.43. The number of carbonyl (C=O) groups is 2. The molecule has 7 heteroatoms. The van der Waals surface area contributed by atoms with Crippen LogP contribution in [0.1, 0.15) is 45.9 Å². The number of anilines is 1. The number of amides is 2. The molecule has 1 aliphatic heterocycles. The zero-order chi connectivity index (χ0) is 21.9. The van der Waals surface area contributed by atoms with Crippen LogP contribution in [-0.4, -0.2) is 22.6 Å². The number of nitrogens with zero attached hydrogens (tertiary/aromatic N) is 1. The molecule has 2 atom stereocenters. The highest BCUT2D eigenvalue weighted by molar-refractivity contribution is 5.97. The molecule has 2 heterocycles. The summed E-state index contributed by atoms with van der Waals surface area (Å²) >= 11 is 0. The number of fused-ring (bicyclic) bond motifs is 4. The summed E-state index contributed by atoms with van der Waals surface area (Å²) in [6.45, 7) is 7.14. The van der Waals surface area contributed by atoms with Gasteiger partial charge in [0, 0.05) is 17.4 Å². The first kappa shape index (κ1) is 21.5. The molecule has 0 aliphatic carbocycles. The van der Waals surface area contributed by atoms with Crippen molar-refractivity contribution in [2.75, 3.05) is 5.32 Å². The molecule has 30 heavy (non-hydrogen) atoms. The number of ether oxygens (including phenoxy) is 1. The van der Waals surface area contributed by atoms with E-state index in [1.165, 1.54) is 12.1 Å². The van der Waals surface area contributed by atoms with Gasteiger partial charge in [0.1, 0.15) is 11.4 Å². The topological polar surface area (TPSA) is 80.3 Å². The molecule has 158 valence electrons. The molecule has 0 spiro atoms. The van der Waals surface area contributed by atoms with E-state index in [2.05, 4.69) is 15.6 Å². The van der Waals surface area contributed by atoms with Gasteiger partial charge in [-0.2, -0.15) is 0 Å². The molecule has 3 rings (SSSR count). The van der Waals surface area contributed by atoms with Gasteiger partial charge in [0.25, 0.3) is 0 Å². The third-order valence-electron chi connectivity index (χ3n) is 4.59. The quantitative estimate of drug-likeness (QED) is 0.648. The van der Waals surface area contributed by atoms with Crippen LogP contribution >= 0.6 is 0 Å². The molecule has 1 aromatic heterocycles. The Morgan fingerprint density at radius 3 is 2.77 bits per heavy atom. The number of alkyl carbamates (subject to hydrolysis) is 1. The summed E-state index contributed by atoms with van der Waals surface area (Å²) < 4.78 is 19.4. The number of pyridine rings is 1. The first-order valence-corrected chi connectivity index (χ1v) is 9.85. The molecule has 0 saturated carbocycles. The van der Waals surface area contributed by atoms with Gasteiger partial charge in [-0.05, 0) is 63.1 Å². The summed E-state index contributed by atoms with van der Waals surface area (Å²) in [5, 5.41) is 5.71. The average Bonchev–Trinajstić information content (AvgIpc) is 2.66. The van der Waals surface area contributed by atoms with Crippen molar-refractivity contribution in [3.63, 3.8) is 0 Å². The summed E-state index contributed by atoms with van der Waals surface area (Å²) in [4.78, 5) is 29.3. The summed E-state index contributed by atoms with van der Waals surface area (Å²) in [5.41, 5.74) is 1.71.